The zero-order chi connectivity index (χ0) is 15.2. The van der Waals surface area contributed by atoms with Crippen LogP contribution in [0.1, 0.15) is 32.6 Å². The number of hydrogen-bond acceptors (Lipinski definition) is 4. The molecule has 5 heteroatoms. The lowest BCUT2D eigenvalue weighted by molar-refractivity contribution is -0.139. The lowest BCUT2D eigenvalue weighted by Gasteiger charge is -2.42. The topological polar surface area (TPSA) is 58.8 Å². The van der Waals surface area contributed by atoms with Crippen molar-refractivity contribution in [1.29, 1.82) is 0 Å². The molecule has 2 aliphatic rings. The summed E-state index contributed by atoms with van der Waals surface area (Å²) in [6, 6.07) is 0.468. The van der Waals surface area contributed by atoms with Gasteiger partial charge in [0.05, 0.1) is 6.61 Å². The molecule has 0 aromatic rings. The Bertz CT molecular complexity index is 337. The molecule has 0 aromatic heterocycles. The molecule has 3 atom stereocenters. The summed E-state index contributed by atoms with van der Waals surface area (Å²) >= 11 is 0. The first-order valence-corrected chi connectivity index (χ1v) is 8.43. The Hall–Kier alpha value is -0.650. The molecular formula is C16H31N3O2. The van der Waals surface area contributed by atoms with Gasteiger partial charge in [-0.25, -0.2) is 0 Å². The lowest BCUT2D eigenvalue weighted by Crippen LogP contribution is -2.56. The zero-order valence-electron chi connectivity index (χ0n) is 13.6. The van der Waals surface area contributed by atoms with E-state index >= 15 is 0 Å². The smallest absolute Gasteiger partial charge is 0.226 e. The van der Waals surface area contributed by atoms with Crippen molar-refractivity contribution in [2.45, 2.75) is 38.6 Å². The number of rotatable bonds is 6. The summed E-state index contributed by atoms with van der Waals surface area (Å²) in [4.78, 5) is 17.3. The lowest BCUT2D eigenvalue weighted by atomic mass is 9.94. The van der Waals surface area contributed by atoms with Gasteiger partial charge < -0.3 is 15.4 Å². The van der Waals surface area contributed by atoms with Crippen LogP contribution in [0.25, 0.3) is 0 Å². The summed E-state index contributed by atoms with van der Waals surface area (Å²) in [6.45, 7) is 7.28. The summed E-state index contributed by atoms with van der Waals surface area (Å²) in [6.07, 6.45) is 4.39. The van der Waals surface area contributed by atoms with Crippen molar-refractivity contribution in [2.24, 2.45) is 17.6 Å². The normalized spacial score (nSPS) is 30.8. The van der Waals surface area contributed by atoms with Gasteiger partial charge in [0, 0.05) is 45.2 Å². The van der Waals surface area contributed by atoms with Crippen molar-refractivity contribution in [3.05, 3.63) is 0 Å². The molecule has 1 amide bonds. The van der Waals surface area contributed by atoms with Crippen LogP contribution in [0.5, 0.6) is 0 Å². The molecule has 1 unspecified atom stereocenters. The molecule has 1 heterocycles. The minimum Gasteiger partial charge on any atom is -0.383 e. The maximum absolute atomic E-state index is 12.8. The third-order valence-electron chi connectivity index (χ3n) is 5.25. The second kappa shape index (κ2) is 8.11. The SMILES string of the molecule is CCC1CN(C(=O)[C@@H]2CCC[C@@H]2CN)CCN1CCOC. The van der Waals surface area contributed by atoms with E-state index in [1.54, 1.807) is 7.11 Å². The molecule has 0 spiro atoms. The molecule has 0 radical (unpaired) electrons. The Morgan fingerprint density at radius 3 is 2.81 bits per heavy atom. The Morgan fingerprint density at radius 1 is 1.33 bits per heavy atom. The predicted octanol–water partition coefficient (Wildman–Crippen LogP) is 0.931. The number of carbonyl (C=O) groups is 1. The van der Waals surface area contributed by atoms with Crippen molar-refractivity contribution >= 4 is 5.91 Å². The van der Waals surface area contributed by atoms with E-state index in [0.29, 0.717) is 24.4 Å². The quantitative estimate of drug-likeness (QED) is 0.792. The van der Waals surface area contributed by atoms with Crippen LogP contribution in [0.4, 0.5) is 0 Å². The van der Waals surface area contributed by atoms with E-state index in [1.165, 1.54) is 0 Å². The fraction of sp³-hybridized carbons (Fsp3) is 0.938. The molecule has 122 valence electrons. The van der Waals surface area contributed by atoms with Crippen molar-refractivity contribution in [3.63, 3.8) is 0 Å². The highest BCUT2D eigenvalue weighted by Gasteiger charge is 2.37. The average molecular weight is 297 g/mol. The van der Waals surface area contributed by atoms with E-state index in [1.807, 2.05) is 0 Å². The van der Waals surface area contributed by atoms with E-state index in [-0.39, 0.29) is 5.92 Å². The van der Waals surface area contributed by atoms with E-state index in [2.05, 4.69) is 16.7 Å². The fourth-order valence-corrected chi connectivity index (χ4v) is 3.86. The summed E-state index contributed by atoms with van der Waals surface area (Å²) in [5.41, 5.74) is 5.83. The molecule has 5 nitrogen and oxygen atoms in total. The largest absolute Gasteiger partial charge is 0.383 e. The molecular weight excluding hydrogens is 266 g/mol. The molecule has 1 saturated heterocycles. The van der Waals surface area contributed by atoms with E-state index in [0.717, 1.165) is 58.5 Å². The summed E-state index contributed by atoms with van der Waals surface area (Å²) < 4.78 is 5.19. The van der Waals surface area contributed by atoms with Crippen LogP contribution >= 0.6 is 0 Å². The standard InChI is InChI=1S/C16H31N3O2/c1-3-14-12-19(8-7-18(14)9-10-21-2)16(20)15-6-4-5-13(15)11-17/h13-15H,3-12,17H2,1-2H3/t13-,14?,15-/m1/s1. The third-order valence-corrected chi connectivity index (χ3v) is 5.25. The van der Waals surface area contributed by atoms with Crippen LogP contribution in [-0.4, -0.2) is 68.2 Å². The Morgan fingerprint density at radius 2 is 2.14 bits per heavy atom. The molecule has 1 aliphatic carbocycles. The summed E-state index contributed by atoms with van der Waals surface area (Å²) in [5.74, 6) is 0.940. The van der Waals surface area contributed by atoms with Crippen molar-refractivity contribution in [1.82, 2.24) is 9.80 Å². The number of methoxy groups -OCH3 is 1. The van der Waals surface area contributed by atoms with Gasteiger partial charge in [-0.2, -0.15) is 0 Å². The third kappa shape index (κ3) is 3.96. The maximum Gasteiger partial charge on any atom is 0.226 e. The fourth-order valence-electron chi connectivity index (χ4n) is 3.86. The average Bonchev–Trinajstić information content (AvgIpc) is 3.00. The highest BCUT2D eigenvalue weighted by atomic mass is 16.5. The van der Waals surface area contributed by atoms with E-state index < -0.39 is 0 Å². The van der Waals surface area contributed by atoms with Crippen LogP contribution in [0.2, 0.25) is 0 Å². The van der Waals surface area contributed by atoms with Crippen molar-refractivity contribution in [3.8, 4) is 0 Å². The van der Waals surface area contributed by atoms with Crippen molar-refractivity contribution in [2.75, 3.05) is 46.4 Å². The number of nitrogens with zero attached hydrogens (tertiary/aromatic N) is 2. The highest BCUT2D eigenvalue weighted by molar-refractivity contribution is 5.79. The van der Waals surface area contributed by atoms with Gasteiger partial charge in [0.2, 0.25) is 5.91 Å². The first-order valence-electron chi connectivity index (χ1n) is 8.43. The Balaban J connectivity index is 1.91. The van der Waals surface area contributed by atoms with E-state index in [9.17, 15) is 4.79 Å². The van der Waals surface area contributed by atoms with Gasteiger partial charge in [-0.05, 0) is 31.7 Å². The molecule has 1 aliphatic heterocycles. The highest BCUT2D eigenvalue weighted by Crippen LogP contribution is 2.33. The number of amides is 1. The molecule has 2 rings (SSSR count). The molecule has 2 N–H and O–H groups in total. The predicted molar refractivity (Wildman–Crippen MR) is 84.0 cm³/mol. The van der Waals surface area contributed by atoms with Gasteiger partial charge in [0.1, 0.15) is 0 Å². The molecule has 21 heavy (non-hydrogen) atoms. The van der Waals surface area contributed by atoms with Crippen LogP contribution < -0.4 is 5.73 Å². The monoisotopic (exact) mass is 297 g/mol. The van der Waals surface area contributed by atoms with Gasteiger partial charge in [0.15, 0.2) is 0 Å². The minimum absolute atomic E-state index is 0.179. The second-order valence-electron chi connectivity index (χ2n) is 6.41. The van der Waals surface area contributed by atoms with Gasteiger partial charge in [-0.1, -0.05) is 13.3 Å². The molecule has 2 fully saturated rings. The summed E-state index contributed by atoms with van der Waals surface area (Å²) in [7, 11) is 1.74. The molecule has 1 saturated carbocycles. The number of nitrogens with two attached hydrogens (primary N) is 1. The number of ether oxygens (including phenoxy) is 1. The van der Waals surface area contributed by atoms with Gasteiger partial charge in [-0.15, -0.1) is 0 Å². The number of hydrogen-bond donors (Lipinski definition) is 1. The Labute approximate surface area is 128 Å². The molecule has 0 bridgehead atoms. The Kier molecular flexibility index (Phi) is 6.45. The van der Waals surface area contributed by atoms with Crippen molar-refractivity contribution < 1.29 is 9.53 Å². The minimum atomic E-state index is 0.179. The van der Waals surface area contributed by atoms with Crippen LogP contribution in [-0.2, 0) is 9.53 Å². The van der Waals surface area contributed by atoms with Crippen LogP contribution in [0.15, 0.2) is 0 Å². The first kappa shape index (κ1) is 16.7. The zero-order valence-corrected chi connectivity index (χ0v) is 13.6. The van der Waals surface area contributed by atoms with Crippen LogP contribution in [0, 0.1) is 11.8 Å². The molecule has 0 aromatic carbocycles. The maximum atomic E-state index is 12.8. The summed E-state index contributed by atoms with van der Waals surface area (Å²) in [5, 5.41) is 0. The number of piperazine rings is 1. The van der Waals surface area contributed by atoms with E-state index in [4.69, 9.17) is 10.5 Å². The van der Waals surface area contributed by atoms with Crippen LogP contribution in [0.3, 0.4) is 0 Å². The van der Waals surface area contributed by atoms with Gasteiger partial charge in [-0.3, -0.25) is 9.69 Å². The second-order valence-corrected chi connectivity index (χ2v) is 6.41. The first-order chi connectivity index (χ1) is 10.2. The number of carbonyl (C=O) groups excluding carboxylic acids is 1. The van der Waals surface area contributed by atoms with Gasteiger partial charge >= 0.3 is 0 Å². The van der Waals surface area contributed by atoms with Gasteiger partial charge in [0.25, 0.3) is 0 Å².